The number of nitrogens with zero attached hydrogens (tertiary/aromatic N) is 1. The summed E-state index contributed by atoms with van der Waals surface area (Å²) in [5, 5.41) is 0. The topological polar surface area (TPSA) is 46.3 Å². The van der Waals surface area contributed by atoms with Crippen molar-refractivity contribution >= 4 is 21.8 Å². The molecule has 0 aliphatic carbocycles. The summed E-state index contributed by atoms with van der Waals surface area (Å²) in [6.07, 6.45) is 0. The summed E-state index contributed by atoms with van der Waals surface area (Å²) < 4.78 is 0.907. The van der Waals surface area contributed by atoms with E-state index < -0.39 is 0 Å². The number of hydrogen-bond acceptors (Lipinski definition) is 2. The van der Waals surface area contributed by atoms with E-state index in [9.17, 15) is 4.79 Å². The minimum Gasteiger partial charge on any atom is -0.333 e. The molecule has 17 heavy (non-hydrogen) atoms. The van der Waals surface area contributed by atoms with Crippen molar-refractivity contribution in [1.82, 2.24) is 4.90 Å². The van der Waals surface area contributed by atoms with Crippen LogP contribution < -0.4 is 5.73 Å². The lowest BCUT2D eigenvalue weighted by atomic mass is 10.0. The predicted octanol–water partition coefficient (Wildman–Crippen LogP) is 2.65. The SMILES string of the molecule is CC(C)(C)N(CCN)C(=O)c1cccc(Br)c1. The first-order valence-electron chi connectivity index (χ1n) is 5.64. The Morgan fingerprint density at radius 1 is 1.41 bits per heavy atom. The van der Waals surface area contributed by atoms with Crippen LogP contribution in [-0.2, 0) is 0 Å². The van der Waals surface area contributed by atoms with Crippen molar-refractivity contribution in [2.24, 2.45) is 5.73 Å². The fraction of sp³-hybridized carbons (Fsp3) is 0.462. The fourth-order valence-corrected chi connectivity index (χ4v) is 2.05. The molecular formula is C13H19BrN2O. The molecule has 1 rings (SSSR count). The first-order chi connectivity index (χ1) is 7.86. The maximum atomic E-state index is 12.4. The van der Waals surface area contributed by atoms with Gasteiger partial charge in [-0.1, -0.05) is 22.0 Å². The van der Waals surface area contributed by atoms with Gasteiger partial charge in [0.2, 0.25) is 0 Å². The number of halogens is 1. The van der Waals surface area contributed by atoms with Crippen LogP contribution in [0.3, 0.4) is 0 Å². The number of carbonyl (C=O) groups excluding carboxylic acids is 1. The van der Waals surface area contributed by atoms with E-state index in [0.29, 0.717) is 18.7 Å². The quantitative estimate of drug-likeness (QED) is 0.932. The van der Waals surface area contributed by atoms with Crippen LogP contribution in [0.4, 0.5) is 0 Å². The van der Waals surface area contributed by atoms with E-state index >= 15 is 0 Å². The Bertz CT molecular complexity index is 399. The van der Waals surface area contributed by atoms with Crippen molar-refractivity contribution in [2.75, 3.05) is 13.1 Å². The van der Waals surface area contributed by atoms with E-state index in [4.69, 9.17) is 5.73 Å². The van der Waals surface area contributed by atoms with Crippen LogP contribution in [-0.4, -0.2) is 29.4 Å². The number of carbonyl (C=O) groups is 1. The number of benzene rings is 1. The van der Waals surface area contributed by atoms with Gasteiger partial charge in [0.25, 0.3) is 5.91 Å². The van der Waals surface area contributed by atoms with Gasteiger partial charge in [-0.15, -0.1) is 0 Å². The Balaban J connectivity index is 3.00. The summed E-state index contributed by atoms with van der Waals surface area (Å²) in [5.74, 6) is 0.0178. The maximum Gasteiger partial charge on any atom is 0.254 e. The monoisotopic (exact) mass is 298 g/mol. The third-order valence-electron chi connectivity index (χ3n) is 2.48. The average molecular weight is 299 g/mol. The molecule has 1 aromatic carbocycles. The molecule has 1 amide bonds. The van der Waals surface area contributed by atoms with Crippen molar-refractivity contribution in [1.29, 1.82) is 0 Å². The maximum absolute atomic E-state index is 12.4. The lowest BCUT2D eigenvalue weighted by Gasteiger charge is -2.35. The molecule has 2 N–H and O–H groups in total. The second-order valence-electron chi connectivity index (χ2n) is 4.93. The van der Waals surface area contributed by atoms with Gasteiger partial charge in [0.15, 0.2) is 0 Å². The minimum absolute atomic E-state index is 0.0178. The molecule has 94 valence electrons. The van der Waals surface area contributed by atoms with Gasteiger partial charge in [0.1, 0.15) is 0 Å². The molecule has 0 saturated heterocycles. The van der Waals surface area contributed by atoms with Crippen LogP contribution in [0.5, 0.6) is 0 Å². The second-order valence-corrected chi connectivity index (χ2v) is 5.84. The lowest BCUT2D eigenvalue weighted by Crippen LogP contribution is -2.47. The van der Waals surface area contributed by atoms with Gasteiger partial charge in [-0.25, -0.2) is 0 Å². The van der Waals surface area contributed by atoms with E-state index in [1.807, 2.05) is 45.0 Å². The fourth-order valence-electron chi connectivity index (χ4n) is 1.65. The number of rotatable bonds is 3. The highest BCUT2D eigenvalue weighted by Gasteiger charge is 2.26. The average Bonchev–Trinajstić information content (AvgIpc) is 2.23. The Morgan fingerprint density at radius 2 is 2.06 bits per heavy atom. The number of amides is 1. The third kappa shape index (κ3) is 3.82. The summed E-state index contributed by atoms with van der Waals surface area (Å²) in [7, 11) is 0. The van der Waals surface area contributed by atoms with Crippen LogP contribution >= 0.6 is 15.9 Å². The third-order valence-corrected chi connectivity index (χ3v) is 2.97. The van der Waals surface area contributed by atoms with Gasteiger partial charge < -0.3 is 10.6 Å². The first kappa shape index (κ1) is 14.2. The van der Waals surface area contributed by atoms with Crippen LogP contribution in [0.15, 0.2) is 28.7 Å². The zero-order chi connectivity index (χ0) is 13.1. The summed E-state index contributed by atoms with van der Waals surface area (Å²) in [6, 6.07) is 7.42. The van der Waals surface area contributed by atoms with Crippen LogP contribution in [0.1, 0.15) is 31.1 Å². The van der Waals surface area contributed by atoms with E-state index in [0.717, 1.165) is 4.47 Å². The summed E-state index contributed by atoms with van der Waals surface area (Å²) in [5.41, 5.74) is 6.03. The van der Waals surface area contributed by atoms with Gasteiger partial charge in [0.05, 0.1) is 0 Å². The highest BCUT2D eigenvalue weighted by atomic mass is 79.9. The van der Waals surface area contributed by atoms with E-state index in [2.05, 4.69) is 15.9 Å². The molecule has 4 heteroatoms. The molecular weight excluding hydrogens is 280 g/mol. The largest absolute Gasteiger partial charge is 0.333 e. The molecule has 0 aliphatic rings. The van der Waals surface area contributed by atoms with E-state index in [1.165, 1.54) is 0 Å². The van der Waals surface area contributed by atoms with Crippen molar-refractivity contribution < 1.29 is 4.79 Å². The van der Waals surface area contributed by atoms with E-state index in [1.54, 1.807) is 4.90 Å². The second kappa shape index (κ2) is 5.65. The molecule has 3 nitrogen and oxygen atoms in total. The molecule has 0 aliphatic heterocycles. The Kier molecular flexibility index (Phi) is 4.71. The van der Waals surface area contributed by atoms with Crippen molar-refractivity contribution in [3.63, 3.8) is 0 Å². The van der Waals surface area contributed by atoms with Gasteiger partial charge in [-0.05, 0) is 39.0 Å². The zero-order valence-corrected chi connectivity index (χ0v) is 12.1. The minimum atomic E-state index is -0.223. The lowest BCUT2D eigenvalue weighted by molar-refractivity contribution is 0.0591. The van der Waals surface area contributed by atoms with Crippen LogP contribution in [0, 0.1) is 0 Å². The summed E-state index contributed by atoms with van der Waals surface area (Å²) in [4.78, 5) is 14.2. The van der Waals surface area contributed by atoms with Crippen LogP contribution in [0.2, 0.25) is 0 Å². The zero-order valence-electron chi connectivity index (χ0n) is 10.5. The Hall–Kier alpha value is -0.870. The molecule has 0 fully saturated rings. The molecule has 0 spiro atoms. The Morgan fingerprint density at radius 3 is 2.53 bits per heavy atom. The molecule has 1 aromatic rings. The van der Waals surface area contributed by atoms with Gasteiger partial charge in [-0.2, -0.15) is 0 Å². The van der Waals surface area contributed by atoms with Gasteiger partial charge in [0, 0.05) is 28.7 Å². The molecule has 0 unspecified atom stereocenters. The molecule has 0 saturated carbocycles. The first-order valence-corrected chi connectivity index (χ1v) is 6.43. The van der Waals surface area contributed by atoms with Crippen LogP contribution in [0.25, 0.3) is 0 Å². The normalized spacial score (nSPS) is 11.4. The molecule has 0 radical (unpaired) electrons. The summed E-state index contributed by atoms with van der Waals surface area (Å²) in [6.45, 7) is 7.07. The predicted molar refractivity (Wildman–Crippen MR) is 74.0 cm³/mol. The number of hydrogen-bond donors (Lipinski definition) is 1. The van der Waals surface area contributed by atoms with Gasteiger partial charge >= 0.3 is 0 Å². The van der Waals surface area contributed by atoms with E-state index in [-0.39, 0.29) is 11.4 Å². The molecule has 0 atom stereocenters. The molecule has 0 bridgehead atoms. The highest BCUT2D eigenvalue weighted by Crippen LogP contribution is 2.19. The molecule has 0 aromatic heterocycles. The number of nitrogens with two attached hydrogens (primary N) is 1. The van der Waals surface area contributed by atoms with Gasteiger partial charge in [-0.3, -0.25) is 4.79 Å². The van der Waals surface area contributed by atoms with Crippen molar-refractivity contribution in [3.05, 3.63) is 34.3 Å². The Labute approximate surface area is 111 Å². The van der Waals surface area contributed by atoms with Crippen molar-refractivity contribution in [3.8, 4) is 0 Å². The van der Waals surface area contributed by atoms with Crippen molar-refractivity contribution in [2.45, 2.75) is 26.3 Å². The molecule has 0 heterocycles. The summed E-state index contributed by atoms with van der Waals surface area (Å²) >= 11 is 3.37. The highest BCUT2D eigenvalue weighted by molar-refractivity contribution is 9.10. The standard InChI is InChI=1S/C13H19BrN2O/c1-13(2,3)16(8-7-15)12(17)10-5-4-6-11(14)9-10/h4-6,9H,7-8,15H2,1-3H3. The smallest absolute Gasteiger partial charge is 0.254 e.